The van der Waals surface area contributed by atoms with Crippen molar-refractivity contribution >= 4 is 21.9 Å². The van der Waals surface area contributed by atoms with Gasteiger partial charge in [0.2, 0.25) is 0 Å². The van der Waals surface area contributed by atoms with Crippen molar-refractivity contribution in [1.29, 1.82) is 0 Å². The maximum Gasteiger partial charge on any atom is 0.259 e. The summed E-state index contributed by atoms with van der Waals surface area (Å²) in [5.74, 6) is -0.442. The first kappa shape index (κ1) is 25.3. The molecular formula is C28H30FN7O3. The molecule has 10 nitrogen and oxygen atoms in total. The molecule has 1 aliphatic rings. The van der Waals surface area contributed by atoms with Crippen LogP contribution in [0.1, 0.15) is 49.8 Å². The van der Waals surface area contributed by atoms with Crippen molar-refractivity contribution in [2.24, 2.45) is 13.0 Å². The van der Waals surface area contributed by atoms with Gasteiger partial charge in [0.15, 0.2) is 0 Å². The normalized spacial score (nSPS) is 15.8. The maximum atomic E-state index is 15.5. The van der Waals surface area contributed by atoms with Gasteiger partial charge in [0, 0.05) is 38.2 Å². The summed E-state index contributed by atoms with van der Waals surface area (Å²) in [6.07, 6.45) is 4.68. The van der Waals surface area contributed by atoms with E-state index in [1.54, 1.807) is 43.1 Å². The van der Waals surface area contributed by atoms with Crippen molar-refractivity contribution in [3.63, 3.8) is 0 Å². The highest BCUT2D eigenvalue weighted by Gasteiger charge is 2.34. The van der Waals surface area contributed by atoms with Gasteiger partial charge in [-0.3, -0.25) is 14.8 Å². The van der Waals surface area contributed by atoms with Gasteiger partial charge in [-0.2, -0.15) is 0 Å². The Balaban J connectivity index is 1.75. The number of aliphatic hydroxyl groups is 1. The van der Waals surface area contributed by atoms with Crippen LogP contribution in [0.2, 0.25) is 0 Å². The topological polar surface area (TPSA) is 124 Å². The minimum Gasteiger partial charge on any atom is -0.384 e. The zero-order valence-electron chi connectivity index (χ0n) is 22.3. The molecule has 0 saturated carbocycles. The van der Waals surface area contributed by atoms with Crippen molar-refractivity contribution in [3.05, 3.63) is 69.9 Å². The Bertz CT molecular complexity index is 1740. The third kappa shape index (κ3) is 4.22. The zero-order valence-corrected chi connectivity index (χ0v) is 22.3. The second kappa shape index (κ2) is 9.35. The van der Waals surface area contributed by atoms with Crippen LogP contribution in [-0.2, 0) is 17.4 Å². The van der Waals surface area contributed by atoms with Gasteiger partial charge < -0.3 is 19.4 Å². The lowest BCUT2D eigenvalue weighted by Crippen LogP contribution is -2.29. The minimum atomic E-state index is -1.31. The van der Waals surface area contributed by atoms with Crippen LogP contribution in [0.15, 0.2) is 41.5 Å². The molecule has 202 valence electrons. The number of aromatic amines is 1. The number of aryl methyl sites for hydroxylation is 2. The van der Waals surface area contributed by atoms with Crippen LogP contribution in [0, 0.1) is 18.7 Å². The van der Waals surface area contributed by atoms with E-state index in [0.29, 0.717) is 53.7 Å². The van der Waals surface area contributed by atoms with E-state index < -0.39 is 17.5 Å². The molecule has 2 N–H and O–H groups in total. The maximum absolute atomic E-state index is 15.5. The third-order valence-corrected chi connectivity index (χ3v) is 7.62. The van der Waals surface area contributed by atoms with Crippen molar-refractivity contribution in [1.82, 2.24) is 34.5 Å². The van der Waals surface area contributed by atoms with Gasteiger partial charge >= 0.3 is 0 Å². The molecule has 0 aliphatic carbocycles. The molecule has 0 radical (unpaired) electrons. The highest BCUT2D eigenvalue weighted by Crippen LogP contribution is 2.41. The number of hydrogen-bond acceptors (Lipinski definition) is 7. The Kier molecular flexibility index (Phi) is 6.07. The van der Waals surface area contributed by atoms with E-state index in [-0.39, 0.29) is 17.2 Å². The van der Waals surface area contributed by atoms with E-state index in [1.165, 1.54) is 6.07 Å². The lowest BCUT2D eigenvalue weighted by atomic mass is 9.88. The molecule has 0 bridgehead atoms. The molecule has 1 aliphatic heterocycles. The van der Waals surface area contributed by atoms with Crippen LogP contribution < -0.4 is 5.56 Å². The number of pyridine rings is 3. The molecule has 0 unspecified atom stereocenters. The average Bonchev–Trinajstić information content (AvgIpc) is 3.41. The number of aromatic nitrogens is 7. The number of halogens is 1. The van der Waals surface area contributed by atoms with E-state index in [2.05, 4.69) is 20.3 Å². The monoisotopic (exact) mass is 531 g/mol. The first-order valence-corrected chi connectivity index (χ1v) is 13.0. The van der Waals surface area contributed by atoms with Crippen LogP contribution in [0.4, 0.5) is 4.39 Å². The standard InChI is InChI=1S/C28H30FN7O3/c1-15-25(35(4)34-33-15)17-12-20-24(31-14-17)22-19(13-21(28(2,3)38)32-27(22)37)36(20)26(16-7-10-39-11-8-16)23-18(29)6-5-9-30-23/h5-6,9,12-14,16,26,38H,7-8,10-11H2,1-4H3,(H,32,37)/t26-/m1/s1. The fourth-order valence-electron chi connectivity index (χ4n) is 5.74. The van der Waals surface area contributed by atoms with Crippen LogP contribution >= 0.6 is 0 Å². The van der Waals surface area contributed by atoms with E-state index >= 15 is 4.39 Å². The molecule has 5 aromatic rings. The van der Waals surface area contributed by atoms with Crippen LogP contribution in [0.25, 0.3) is 33.2 Å². The Morgan fingerprint density at radius 3 is 2.64 bits per heavy atom. The van der Waals surface area contributed by atoms with Crippen molar-refractivity contribution in [2.45, 2.75) is 45.3 Å². The molecule has 0 spiro atoms. The summed E-state index contributed by atoms with van der Waals surface area (Å²) >= 11 is 0. The number of nitrogens with zero attached hydrogens (tertiary/aromatic N) is 6. The minimum absolute atomic E-state index is 0.0180. The van der Waals surface area contributed by atoms with Gasteiger partial charge in [-0.05, 0) is 63.8 Å². The molecule has 1 saturated heterocycles. The van der Waals surface area contributed by atoms with Crippen LogP contribution in [0.5, 0.6) is 0 Å². The Morgan fingerprint density at radius 1 is 1.21 bits per heavy atom. The predicted octanol–water partition coefficient (Wildman–Crippen LogP) is 3.76. The number of rotatable bonds is 5. The van der Waals surface area contributed by atoms with E-state index in [1.807, 2.05) is 24.6 Å². The van der Waals surface area contributed by atoms with E-state index in [4.69, 9.17) is 9.72 Å². The molecule has 11 heteroatoms. The summed E-state index contributed by atoms with van der Waals surface area (Å²) in [5.41, 5.74) is 2.94. The lowest BCUT2D eigenvalue weighted by Gasteiger charge is -2.32. The smallest absolute Gasteiger partial charge is 0.259 e. The summed E-state index contributed by atoms with van der Waals surface area (Å²) < 4.78 is 24.8. The number of nitrogens with one attached hydrogen (secondary N) is 1. The Hall–Kier alpha value is -3.96. The first-order valence-electron chi connectivity index (χ1n) is 13.0. The average molecular weight is 532 g/mol. The summed E-state index contributed by atoms with van der Waals surface area (Å²) in [7, 11) is 1.81. The highest BCUT2D eigenvalue weighted by molar-refractivity contribution is 6.06. The molecule has 0 aromatic carbocycles. The SMILES string of the molecule is Cc1nnn(C)c1-c1cnc2c3c(=O)[nH]c(C(C)(C)O)cc3n([C@@H](c3ncccc3F)C3CCOCC3)c2c1. The van der Waals surface area contributed by atoms with Crippen molar-refractivity contribution in [3.8, 4) is 11.3 Å². The number of ether oxygens (including phenoxy) is 1. The predicted molar refractivity (Wildman–Crippen MR) is 144 cm³/mol. The summed E-state index contributed by atoms with van der Waals surface area (Å²) in [5, 5.41) is 19.5. The zero-order chi connectivity index (χ0) is 27.5. The number of fused-ring (bicyclic) bond motifs is 3. The molecule has 1 fully saturated rings. The summed E-state index contributed by atoms with van der Waals surface area (Å²) in [6, 6.07) is 6.15. The molecule has 6 rings (SSSR count). The highest BCUT2D eigenvalue weighted by atomic mass is 19.1. The second-order valence-electron chi connectivity index (χ2n) is 10.7. The number of H-pyrrole nitrogens is 1. The fourth-order valence-corrected chi connectivity index (χ4v) is 5.74. The third-order valence-electron chi connectivity index (χ3n) is 7.62. The Labute approximate surface area is 223 Å². The molecular weight excluding hydrogens is 501 g/mol. The molecule has 5 aromatic heterocycles. The van der Waals surface area contributed by atoms with Gasteiger partial charge in [-0.15, -0.1) is 5.10 Å². The molecule has 0 amide bonds. The van der Waals surface area contributed by atoms with Gasteiger partial charge in [0.25, 0.3) is 5.56 Å². The first-order chi connectivity index (χ1) is 18.6. The van der Waals surface area contributed by atoms with E-state index in [9.17, 15) is 9.90 Å². The van der Waals surface area contributed by atoms with Crippen LogP contribution in [0.3, 0.4) is 0 Å². The van der Waals surface area contributed by atoms with Crippen molar-refractivity contribution < 1.29 is 14.2 Å². The largest absolute Gasteiger partial charge is 0.384 e. The molecule has 39 heavy (non-hydrogen) atoms. The molecule has 6 heterocycles. The number of hydrogen-bond donors (Lipinski definition) is 2. The summed E-state index contributed by atoms with van der Waals surface area (Å²) in [6.45, 7) is 6.19. The fraction of sp³-hybridized carbons (Fsp3) is 0.393. The van der Waals surface area contributed by atoms with Gasteiger partial charge in [-0.1, -0.05) is 5.21 Å². The quantitative estimate of drug-likeness (QED) is 0.354. The van der Waals surface area contributed by atoms with Crippen LogP contribution in [-0.4, -0.2) is 52.8 Å². The van der Waals surface area contributed by atoms with Gasteiger partial charge in [0.05, 0.1) is 50.8 Å². The second-order valence-corrected chi connectivity index (χ2v) is 10.7. The van der Waals surface area contributed by atoms with Gasteiger partial charge in [0.1, 0.15) is 11.3 Å². The Morgan fingerprint density at radius 2 is 1.97 bits per heavy atom. The van der Waals surface area contributed by atoms with Crippen molar-refractivity contribution in [2.75, 3.05) is 13.2 Å². The lowest BCUT2D eigenvalue weighted by molar-refractivity contribution is 0.0542. The summed E-state index contributed by atoms with van der Waals surface area (Å²) in [4.78, 5) is 25.6. The van der Waals surface area contributed by atoms with E-state index in [0.717, 1.165) is 17.0 Å². The van der Waals surface area contributed by atoms with Gasteiger partial charge in [-0.25, -0.2) is 9.07 Å². The molecule has 1 atom stereocenters.